The Morgan fingerprint density at radius 2 is 1.90 bits per heavy atom. The number of aliphatic hydroxyl groups excluding tert-OH is 1. The summed E-state index contributed by atoms with van der Waals surface area (Å²) in [5.74, 6) is 1.72. The Labute approximate surface area is 180 Å². The minimum absolute atomic E-state index is 0.140. The molecule has 3 heterocycles. The summed E-state index contributed by atoms with van der Waals surface area (Å²) in [4.78, 5) is 3.71. The maximum Gasteiger partial charge on any atom is 0.120 e. The number of fused-ring (bicyclic) bond motifs is 1. The van der Waals surface area contributed by atoms with Gasteiger partial charge in [0.15, 0.2) is 0 Å². The fourth-order valence-electron chi connectivity index (χ4n) is 4.12. The van der Waals surface area contributed by atoms with Gasteiger partial charge in [0.2, 0.25) is 0 Å². The van der Waals surface area contributed by atoms with Crippen molar-refractivity contribution in [2.45, 2.75) is 44.9 Å². The van der Waals surface area contributed by atoms with Crippen molar-refractivity contribution in [3.05, 3.63) is 51.3 Å². The second-order valence-electron chi connectivity index (χ2n) is 8.43. The zero-order valence-corrected chi connectivity index (χ0v) is 18.1. The Morgan fingerprint density at radius 1 is 1.07 bits per heavy atom. The third-order valence-corrected chi connectivity index (χ3v) is 7.24. The Bertz CT molecular complexity index is 986. The lowest BCUT2D eigenvalue weighted by atomic mass is 10.1. The predicted octanol–water partition coefficient (Wildman–Crippen LogP) is 5.15. The van der Waals surface area contributed by atoms with Crippen molar-refractivity contribution in [1.82, 2.24) is 9.47 Å². The molecule has 6 heteroatoms. The van der Waals surface area contributed by atoms with E-state index < -0.39 is 0 Å². The number of thiophene rings is 1. The lowest BCUT2D eigenvalue weighted by Crippen LogP contribution is -2.35. The number of likely N-dealkylation sites (tertiary alicyclic amines) is 1. The number of piperidine rings is 1. The van der Waals surface area contributed by atoms with E-state index in [9.17, 15) is 5.11 Å². The van der Waals surface area contributed by atoms with Gasteiger partial charge in [0, 0.05) is 41.6 Å². The molecule has 0 bridgehead atoms. The standard InChI is InChI=1S/C23H27ClN2O2S/c24-23-6-4-20(29-23)14-26-13-17(12-25-9-7-18(27)8-10-25)21-11-19(3-5-22(21)26)28-15-16-1-2-16/h3-6,11,13,16,18,27H,1-2,7-10,12,14-15H2. The summed E-state index contributed by atoms with van der Waals surface area (Å²) in [6.07, 6.45) is 6.47. The molecule has 5 rings (SSSR count). The lowest BCUT2D eigenvalue weighted by molar-refractivity contribution is 0.0794. The second-order valence-corrected chi connectivity index (χ2v) is 10.2. The van der Waals surface area contributed by atoms with Gasteiger partial charge in [-0.05, 0) is 67.5 Å². The van der Waals surface area contributed by atoms with Crippen LogP contribution in [0.15, 0.2) is 36.5 Å². The molecule has 154 valence electrons. The molecular formula is C23H27ClN2O2S. The molecule has 4 nitrogen and oxygen atoms in total. The van der Waals surface area contributed by atoms with Crippen LogP contribution in [-0.4, -0.2) is 40.4 Å². The van der Waals surface area contributed by atoms with Crippen LogP contribution in [0.1, 0.15) is 36.1 Å². The highest BCUT2D eigenvalue weighted by molar-refractivity contribution is 7.16. The van der Waals surface area contributed by atoms with Gasteiger partial charge < -0.3 is 14.4 Å². The third kappa shape index (κ3) is 4.64. The first-order chi connectivity index (χ1) is 14.1. The Kier molecular flexibility index (Phi) is 5.57. The van der Waals surface area contributed by atoms with Crippen LogP contribution in [0.3, 0.4) is 0 Å². The fraction of sp³-hybridized carbons (Fsp3) is 0.478. The van der Waals surface area contributed by atoms with E-state index in [-0.39, 0.29) is 6.10 Å². The van der Waals surface area contributed by atoms with E-state index in [1.165, 1.54) is 34.2 Å². The van der Waals surface area contributed by atoms with E-state index in [1.54, 1.807) is 11.3 Å². The van der Waals surface area contributed by atoms with Crippen LogP contribution in [0.4, 0.5) is 0 Å². The van der Waals surface area contributed by atoms with Gasteiger partial charge in [0.1, 0.15) is 5.75 Å². The first-order valence-corrected chi connectivity index (χ1v) is 11.7. The molecule has 0 spiro atoms. The van der Waals surface area contributed by atoms with Crippen LogP contribution < -0.4 is 4.74 Å². The zero-order valence-electron chi connectivity index (χ0n) is 16.5. The topological polar surface area (TPSA) is 37.6 Å². The van der Waals surface area contributed by atoms with Crippen molar-refractivity contribution in [3.63, 3.8) is 0 Å². The molecule has 0 radical (unpaired) electrons. The fourth-order valence-corrected chi connectivity index (χ4v) is 5.20. The molecule has 1 N–H and O–H groups in total. The zero-order chi connectivity index (χ0) is 19.8. The Hall–Kier alpha value is -1.53. The van der Waals surface area contributed by atoms with E-state index in [1.807, 2.05) is 6.07 Å². The molecule has 1 aromatic carbocycles. The maximum atomic E-state index is 9.82. The van der Waals surface area contributed by atoms with Gasteiger partial charge >= 0.3 is 0 Å². The van der Waals surface area contributed by atoms with E-state index in [0.717, 1.165) is 61.6 Å². The molecule has 1 aliphatic heterocycles. The second kappa shape index (κ2) is 8.31. The number of rotatable bonds is 7. The number of nitrogens with zero attached hydrogens (tertiary/aromatic N) is 2. The van der Waals surface area contributed by atoms with Crippen molar-refractivity contribution < 1.29 is 9.84 Å². The summed E-state index contributed by atoms with van der Waals surface area (Å²) in [6.45, 7) is 4.47. The highest BCUT2D eigenvalue weighted by atomic mass is 35.5. The number of benzene rings is 1. The summed E-state index contributed by atoms with van der Waals surface area (Å²) >= 11 is 7.78. The van der Waals surface area contributed by atoms with Crippen molar-refractivity contribution >= 4 is 33.8 Å². The molecule has 2 aromatic heterocycles. The van der Waals surface area contributed by atoms with Crippen LogP contribution in [-0.2, 0) is 13.1 Å². The van der Waals surface area contributed by atoms with Gasteiger partial charge in [-0.2, -0.15) is 0 Å². The summed E-state index contributed by atoms with van der Waals surface area (Å²) < 4.78 is 9.22. The third-order valence-electron chi connectivity index (χ3n) is 6.02. The molecule has 1 saturated carbocycles. The van der Waals surface area contributed by atoms with E-state index >= 15 is 0 Å². The quantitative estimate of drug-likeness (QED) is 0.563. The average molecular weight is 431 g/mol. The number of ether oxygens (including phenoxy) is 1. The van der Waals surface area contributed by atoms with Gasteiger partial charge in [0.25, 0.3) is 0 Å². The molecule has 0 amide bonds. The molecule has 1 aliphatic carbocycles. The highest BCUT2D eigenvalue weighted by Gasteiger charge is 2.22. The van der Waals surface area contributed by atoms with Crippen LogP contribution in [0, 0.1) is 5.92 Å². The molecule has 0 unspecified atom stereocenters. The molecular weight excluding hydrogens is 404 g/mol. The summed E-state index contributed by atoms with van der Waals surface area (Å²) in [5.41, 5.74) is 2.57. The summed E-state index contributed by atoms with van der Waals surface area (Å²) in [7, 11) is 0. The molecule has 2 aliphatic rings. The van der Waals surface area contributed by atoms with Crippen LogP contribution in [0.5, 0.6) is 5.75 Å². The molecule has 3 aromatic rings. The number of hydrogen-bond acceptors (Lipinski definition) is 4. The van der Waals surface area contributed by atoms with Crippen LogP contribution in [0.25, 0.3) is 10.9 Å². The SMILES string of the molecule is OC1CCN(Cc2cn(Cc3ccc(Cl)s3)c3ccc(OCC4CC4)cc23)CC1. The minimum Gasteiger partial charge on any atom is -0.493 e. The first-order valence-electron chi connectivity index (χ1n) is 10.5. The van der Waals surface area contributed by atoms with Crippen molar-refractivity contribution in [2.75, 3.05) is 19.7 Å². The average Bonchev–Trinajstić information content (AvgIpc) is 3.38. The minimum atomic E-state index is -0.140. The summed E-state index contributed by atoms with van der Waals surface area (Å²) in [6, 6.07) is 10.6. The first kappa shape index (κ1) is 19.4. The molecule has 1 saturated heterocycles. The molecule has 0 atom stereocenters. The highest BCUT2D eigenvalue weighted by Crippen LogP contribution is 2.32. The maximum absolute atomic E-state index is 9.82. The van der Waals surface area contributed by atoms with Gasteiger partial charge in [0.05, 0.1) is 23.6 Å². The summed E-state index contributed by atoms with van der Waals surface area (Å²) in [5, 5.41) is 11.1. The van der Waals surface area contributed by atoms with Crippen LogP contribution in [0.2, 0.25) is 4.34 Å². The number of halogens is 1. The Balaban J connectivity index is 1.43. The predicted molar refractivity (Wildman–Crippen MR) is 119 cm³/mol. The normalized spacial score (nSPS) is 18.6. The van der Waals surface area contributed by atoms with E-state index in [2.05, 4.69) is 39.9 Å². The number of aliphatic hydroxyl groups is 1. The molecule has 29 heavy (non-hydrogen) atoms. The van der Waals surface area contributed by atoms with Crippen molar-refractivity contribution in [1.29, 1.82) is 0 Å². The van der Waals surface area contributed by atoms with Crippen molar-refractivity contribution in [2.24, 2.45) is 5.92 Å². The lowest BCUT2D eigenvalue weighted by Gasteiger charge is -2.29. The van der Waals surface area contributed by atoms with Gasteiger partial charge in [-0.3, -0.25) is 4.90 Å². The largest absolute Gasteiger partial charge is 0.493 e. The Morgan fingerprint density at radius 3 is 2.62 bits per heavy atom. The smallest absolute Gasteiger partial charge is 0.120 e. The van der Waals surface area contributed by atoms with Crippen molar-refractivity contribution in [3.8, 4) is 5.75 Å². The number of hydrogen-bond donors (Lipinski definition) is 1. The van der Waals surface area contributed by atoms with Gasteiger partial charge in [-0.1, -0.05) is 11.6 Å². The number of aromatic nitrogens is 1. The van der Waals surface area contributed by atoms with Crippen LogP contribution >= 0.6 is 22.9 Å². The van der Waals surface area contributed by atoms with E-state index in [0.29, 0.717) is 0 Å². The monoisotopic (exact) mass is 430 g/mol. The van der Waals surface area contributed by atoms with E-state index in [4.69, 9.17) is 16.3 Å². The van der Waals surface area contributed by atoms with Gasteiger partial charge in [-0.15, -0.1) is 11.3 Å². The molecule has 2 fully saturated rings. The van der Waals surface area contributed by atoms with Gasteiger partial charge in [-0.25, -0.2) is 0 Å².